The van der Waals surface area contributed by atoms with E-state index in [1.54, 1.807) is 10.4 Å². The number of nitrogens with zero attached hydrogens (tertiary/aromatic N) is 1. The molecular formula is C14H20N2O2S. The van der Waals surface area contributed by atoms with Crippen LogP contribution < -0.4 is 5.32 Å². The molecule has 0 radical (unpaired) electrons. The lowest BCUT2D eigenvalue weighted by Crippen LogP contribution is -2.35. The van der Waals surface area contributed by atoms with Gasteiger partial charge < -0.3 is 5.32 Å². The van der Waals surface area contributed by atoms with Crippen LogP contribution in [0.25, 0.3) is 0 Å². The summed E-state index contributed by atoms with van der Waals surface area (Å²) in [6, 6.07) is 5.48. The Morgan fingerprint density at radius 3 is 2.68 bits per heavy atom. The normalized spacial score (nSPS) is 23.9. The van der Waals surface area contributed by atoms with Crippen LogP contribution in [0.15, 0.2) is 23.1 Å². The Hall–Kier alpha value is -1.07. The number of benzene rings is 1. The van der Waals surface area contributed by atoms with Gasteiger partial charge in [0.25, 0.3) is 0 Å². The summed E-state index contributed by atoms with van der Waals surface area (Å²) in [6.45, 7) is 4.33. The second-order valence-electron chi connectivity index (χ2n) is 5.50. The zero-order chi connectivity index (χ0) is 13.5. The van der Waals surface area contributed by atoms with Gasteiger partial charge in [0, 0.05) is 31.2 Å². The van der Waals surface area contributed by atoms with Crippen molar-refractivity contribution in [3.63, 3.8) is 0 Å². The highest BCUT2D eigenvalue weighted by atomic mass is 32.2. The first-order chi connectivity index (χ1) is 9.09. The van der Waals surface area contributed by atoms with Crippen molar-refractivity contribution in [1.82, 2.24) is 4.31 Å². The average Bonchev–Trinajstić information content (AvgIpc) is 2.81. The number of fused-ring (bicyclic) bond motifs is 1. The van der Waals surface area contributed by atoms with Crippen LogP contribution in [-0.4, -0.2) is 32.4 Å². The van der Waals surface area contributed by atoms with Gasteiger partial charge in [0.1, 0.15) is 0 Å². The molecule has 1 unspecified atom stereocenters. The maximum Gasteiger partial charge on any atom is 0.243 e. The number of hydrogen-bond donors (Lipinski definition) is 1. The smallest absolute Gasteiger partial charge is 0.243 e. The SMILES string of the molecule is CC1CNc2ccc(S(=O)(=O)N3CCCCC3)cc21. The molecule has 1 saturated heterocycles. The van der Waals surface area contributed by atoms with Crippen molar-refractivity contribution in [2.45, 2.75) is 37.0 Å². The van der Waals surface area contributed by atoms with Gasteiger partial charge in [-0.25, -0.2) is 8.42 Å². The van der Waals surface area contributed by atoms with E-state index < -0.39 is 10.0 Å². The number of anilines is 1. The van der Waals surface area contributed by atoms with E-state index in [0.29, 0.717) is 23.9 Å². The minimum absolute atomic E-state index is 0.381. The van der Waals surface area contributed by atoms with Crippen molar-refractivity contribution >= 4 is 15.7 Å². The van der Waals surface area contributed by atoms with Gasteiger partial charge in [0.05, 0.1) is 4.90 Å². The van der Waals surface area contributed by atoms with Crippen molar-refractivity contribution < 1.29 is 8.42 Å². The molecule has 0 aromatic heterocycles. The molecule has 5 heteroatoms. The lowest BCUT2D eigenvalue weighted by Gasteiger charge is -2.26. The molecule has 1 aromatic rings. The number of piperidine rings is 1. The molecule has 3 rings (SSSR count). The standard InChI is InChI=1S/C14H20N2O2S/c1-11-10-15-14-6-5-12(9-13(11)14)19(17,18)16-7-3-2-4-8-16/h5-6,9,11,15H,2-4,7-8,10H2,1H3. The van der Waals surface area contributed by atoms with Crippen molar-refractivity contribution in [1.29, 1.82) is 0 Å². The minimum Gasteiger partial charge on any atom is -0.384 e. The number of hydrogen-bond acceptors (Lipinski definition) is 3. The molecule has 0 amide bonds. The van der Waals surface area contributed by atoms with E-state index >= 15 is 0 Å². The van der Waals surface area contributed by atoms with Crippen LogP contribution >= 0.6 is 0 Å². The van der Waals surface area contributed by atoms with Crippen LogP contribution in [0, 0.1) is 0 Å². The molecule has 2 aliphatic rings. The van der Waals surface area contributed by atoms with Gasteiger partial charge in [0.2, 0.25) is 10.0 Å². The zero-order valence-electron chi connectivity index (χ0n) is 11.2. The summed E-state index contributed by atoms with van der Waals surface area (Å²) in [7, 11) is -3.30. The van der Waals surface area contributed by atoms with Crippen LogP contribution in [0.3, 0.4) is 0 Å². The topological polar surface area (TPSA) is 49.4 Å². The van der Waals surface area contributed by atoms with Gasteiger partial charge in [-0.2, -0.15) is 4.31 Å². The molecule has 4 nitrogen and oxygen atoms in total. The van der Waals surface area contributed by atoms with Crippen LogP contribution in [0.5, 0.6) is 0 Å². The molecule has 0 bridgehead atoms. The summed E-state index contributed by atoms with van der Waals surface area (Å²) in [5.41, 5.74) is 2.20. The monoisotopic (exact) mass is 280 g/mol. The highest BCUT2D eigenvalue weighted by Gasteiger charge is 2.28. The second-order valence-corrected chi connectivity index (χ2v) is 7.43. The number of nitrogens with one attached hydrogen (secondary N) is 1. The third kappa shape index (κ3) is 2.25. The lowest BCUT2D eigenvalue weighted by atomic mass is 10.0. The Morgan fingerprint density at radius 1 is 1.21 bits per heavy atom. The zero-order valence-corrected chi connectivity index (χ0v) is 12.0. The predicted octanol–water partition coefficient (Wildman–Crippen LogP) is 2.39. The van der Waals surface area contributed by atoms with Crippen LogP contribution in [0.4, 0.5) is 5.69 Å². The van der Waals surface area contributed by atoms with Gasteiger partial charge >= 0.3 is 0 Å². The van der Waals surface area contributed by atoms with Crippen molar-refractivity contribution in [3.8, 4) is 0 Å². The largest absolute Gasteiger partial charge is 0.384 e. The van der Waals surface area contributed by atoms with Gasteiger partial charge in [-0.05, 0) is 36.6 Å². The van der Waals surface area contributed by atoms with Gasteiger partial charge in [-0.3, -0.25) is 0 Å². The van der Waals surface area contributed by atoms with E-state index in [0.717, 1.165) is 37.1 Å². The summed E-state index contributed by atoms with van der Waals surface area (Å²) in [5, 5.41) is 3.30. The fraction of sp³-hybridized carbons (Fsp3) is 0.571. The second kappa shape index (κ2) is 4.80. The summed E-state index contributed by atoms with van der Waals surface area (Å²) in [5.74, 6) is 0.381. The molecule has 0 spiro atoms. The molecule has 2 aliphatic heterocycles. The van der Waals surface area contributed by atoms with E-state index in [9.17, 15) is 8.42 Å². The third-order valence-corrected chi connectivity index (χ3v) is 6.00. The molecule has 0 saturated carbocycles. The van der Waals surface area contributed by atoms with Crippen LogP contribution in [-0.2, 0) is 10.0 Å². The molecule has 19 heavy (non-hydrogen) atoms. The molecule has 1 aromatic carbocycles. The van der Waals surface area contributed by atoms with Gasteiger partial charge in [-0.15, -0.1) is 0 Å². The van der Waals surface area contributed by atoms with E-state index in [1.165, 1.54) is 0 Å². The Bertz CT molecular complexity index is 577. The Morgan fingerprint density at radius 2 is 1.95 bits per heavy atom. The molecule has 104 valence electrons. The average molecular weight is 280 g/mol. The lowest BCUT2D eigenvalue weighted by molar-refractivity contribution is 0.346. The minimum atomic E-state index is -3.30. The van der Waals surface area contributed by atoms with Gasteiger partial charge in [-0.1, -0.05) is 13.3 Å². The first kappa shape index (κ1) is 12.9. The Labute approximate surface area is 114 Å². The number of rotatable bonds is 2. The fourth-order valence-electron chi connectivity index (χ4n) is 2.90. The Balaban J connectivity index is 1.95. The van der Waals surface area contributed by atoms with E-state index in [2.05, 4.69) is 12.2 Å². The third-order valence-electron chi connectivity index (χ3n) is 4.11. The number of sulfonamides is 1. The van der Waals surface area contributed by atoms with Crippen LogP contribution in [0.2, 0.25) is 0 Å². The molecule has 0 aliphatic carbocycles. The van der Waals surface area contributed by atoms with Crippen molar-refractivity contribution in [3.05, 3.63) is 23.8 Å². The Kier molecular flexibility index (Phi) is 3.27. The maximum atomic E-state index is 12.6. The maximum absolute atomic E-state index is 12.6. The van der Waals surface area contributed by atoms with E-state index in [4.69, 9.17) is 0 Å². The summed E-state index contributed by atoms with van der Waals surface area (Å²) in [6.07, 6.45) is 3.08. The highest BCUT2D eigenvalue weighted by Crippen LogP contribution is 2.33. The van der Waals surface area contributed by atoms with Gasteiger partial charge in [0.15, 0.2) is 0 Å². The first-order valence-corrected chi connectivity index (χ1v) is 8.41. The molecule has 1 atom stereocenters. The van der Waals surface area contributed by atoms with Crippen LogP contribution in [0.1, 0.15) is 37.7 Å². The van der Waals surface area contributed by atoms with Crippen molar-refractivity contribution in [2.75, 3.05) is 25.0 Å². The summed E-state index contributed by atoms with van der Waals surface area (Å²) < 4.78 is 26.8. The van der Waals surface area contributed by atoms with E-state index in [-0.39, 0.29) is 0 Å². The summed E-state index contributed by atoms with van der Waals surface area (Å²) in [4.78, 5) is 0.448. The quantitative estimate of drug-likeness (QED) is 0.905. The highest BCUT2D eigenvalue weighted by molar-refractivity contribution is 7.89. The first-order valence-electron chi connectivity index (χ1n) is 6.97. The predicted molar refractivity (Wildman–Crippen MR) is 76.0 cm³/mol. The molecule has 1 N–H and O–H groups in total. The summed E-state index contributed by atoms with van der Waals surface area (Å²) >= 11 is 0. The molecular weight excluding hydrogens is 260 g/mol. The molecule has 1 fully saturated rings. The van der Waals surface area contributed by atoms with E-state index in [1.807, 2.05) is 12.1 Å². The molecule has 2 heterocycles. The van der Waals surface area contributed by atoms with Crippen molar-refractivity contribution in [2.24, 2.45) is 0 Å². The fourth-order valence-corrected chi connectivity index (χ4v) is 4.45.